The molecular weight excluding hydrogens is 236 g/mol. The van der Waals surface area contributed by atoms with Crippen LogP contribution in [0, 0.1) is 13.8 Å². The van der Waals surface area contributed by atoms with Gasteiger partial charge in [-0.05, 0) is 54.8 Å². The molecular formula is C16H18N2O. The lowest BCUT2D eigenvalue weighted by Gasteiger charge is -2.08. The summed E-state index contributed by atoms with van der Waals surface area (Å²) in [6, 6.07) is 13.3. The maximum Gasteiger partial charge on any atom is 0.255 e. The minimum Gasteiger partial charge on any atom is -0.326 e. The van der Waals surface area contributed by atoms with Gasteiger partial charge < -0.3 is 11.1 Å². The van der Waals surface area contributed by atoms with Crippen molar-refractivity contribution < 1.29 is 4.79 Å². The van der Waals surface area contributed by atoms with Gasteiger partial charge in [-0.15, -0.1) is 0 Å². The summed E-state index contributed by atoms with van der Waals surface area (Å²) in [6.45, 7) is 4.51. The van der Waals surface area contributed by atoms with Gasteiger partial charge in [0.15, 0.2) is 0 Å². The van der Waals surface area contributed by atoms with E-state index in [1.165, 1.54) is 0 Å². The Morgan fingerprint density at radius 1 is 1.05 bits per heavy atom. The number of nitrogens with one attached hydrogen (secondary N) is 1. The summed E-state index contributed by atoms with van der Waals surface area (Å²) in [7, 11) is 0. The summed E-state index contributed by atoms with van der Waals surface area (Å²) in [4.78, 5) is 12.1. The number of nitrogens with two attached hydrogens (primary N) is 1. The average Bonchev–Trinajstić information content (AvgIpc) is 2.37. The number of rotatable bonds is 3. The fourth-order valence-electron chi connectivity index (χ4n) is 2.04. The Morgan fingerprint density at radius 3 is 2.16 bits per heavy atom. The van der Waals surface area contributed by atoms with E-state index in [1.54, 1.807) is 12.1 Å². The molecule has 19 heavy (non-hydrogen) atoms. The summed E-state index contributed by atoms with van der Waals surface area (Å²) in [6.07, 6.45) is 0. The number of benzene rings is 2. The Kier molecular flexibility index (Phi) is 3.97. The number of carbonyl (C=O) groups is 1. The first-order chi connectivity index (χ1) is 9.08. The molecule has 2 aromatic carbocycles. The van der Waals surface area contributed by atoms with Crippen LogP contribution < -0.4 is 11.1 Å². The SMILES string of the molecule is Cc1cc(C)cc(NC(=O)c2ccc(CN)cc2)c1. The second kappa shape index (κ2) is 5.67. The van der Waals surface area contributed by atoms with Crippen LogP contribution in [0.15, 0.2) is 42.5 Å². The van der Waals surface area contributed by atoms with Crippen LogP contribution in [-0.4, -0.2) is 5.91 Å². The molecule has 0 atom stereocenters. The second-order valence-corrected chi connectivity index (χ2v) is 4.73. The Bertz CT molecular complexity index is 568. The molecule has 0 fully saturated rings. The van der Waals surface area contributed by atoms with Gasteiger partial charge in [0.1, 0.15) is 0 Å². The summed E-state index contributed by atoms with van der Waals surface area (Å²) in [5, 5.41) is 2.91. The fourth-order valence-corrected chi connectivity index (χ4v) is 2.04. The van der Waals surface area contributed by atoms with E-state index in [0.29, 0.717) is 12.1 Å². The molecule has 0 aliphatic heterocycles. The first kappa shape index (κ1) is 13.3. The van der Waals surface area contributed by atoms with Crippen molar-refractivity contribution >= 4 is 11.6 Å². The van der Waals surface area contributed by atoms with Gasteiger partial charge in [0.2, 0.25) is 0 Å². The zero-order chi connectivity index (χ0) is 13.8. The lowest BCUT2D eigenvalue weighted by Crippen LogP contribution is -2.12. The van der Waals surface area contributed by atoms with Crippen LogP contribution in [0.3, 0.4) is 0 Å². The number of aryl methyl sites for hydroxylation is 2. The van der Waals surface area contributed by atoms with E-state index in [9.17, 15) is 4.79 Å². The highest BCUT2D eigenvalue weighted by molar-refractivity contribution is 6.04. The van der Waals surface area contributed by atoms with Crippen LogP contribution in [0.2, 0.25) is 0 Å². The molecule has 0 unspecified atom stereocenters. The van der Waals surface area contributed by atoms with E-state index in [4.69, 9.17) is 5.73 Å². The van der Waals surface area contributed by atoms with Crippen molar-refractivity contribution in [2.24, 2.45) is 5.73 Å². The minimum absolute atomic E-state index is 0.103. The third kappa shape index (κ3) is 3.42. The molecule has 0 saturated heterocycles. The highest BCUT2D eigenvalue weighted by Gasteiger charge is 2.06. The fraction of sp³-hybridized carbons (Fsp3) is 0.188. The van der Waals surface area contributed by atoms with Crippen molar-refractivity contribution in [2.75, 3.05) is 5.32 Å². The van der Waals surface area contributed by atoms with Crippen LogP contribution in [-0.2, 0) is 6.54 Å². The van der Waals surface area contributed by atoms with E-state index in [1.807, 2.05) is 38.1 Å². The van der Waals surface area contributed by atoms with Gasteiger partial charge in [-0.1, -0.05) is 18.2 Å². The van der Waals surface area contributed by atoms with Gasteiger partial charge >= 0.3 is 0 Å². The van der Waals surface area contributed by atoms with E-state index in [0.717, 1.165) is 22.4 Å². The smallest absolute Gasteiger partial charge is 0.255 e. The van der Waals surface area contributed by atoms with Gasteiger partial charge in [0, 0.05) is 17.8 Å². The maximum atomic E-state index is 12.1. The number of hydrogen-bond donors (Lipinski definition) is 2. The largest absolute Gasteiger partial charge is 0.326 e. The van der Waals surface area contributed by atoms with Crippen molar-refractivity contribution in [3.63, 3.8) is 0 Å². The Balaban J connectivity index is 2.15. The van der Waals surface area contributed by atoms with Gasteiger partial charge in [-0.3, -0.25) is 4.79 Å². The lowest BCUT2D eigenvalue weighted by atomic mass is 10.1. The molecule has 0 radical (unpaired) electrons. The summed E-state index contributed by atoms with van der Waals surface area (Å²) in [5.74, 6) is -0.103. The van der Waals surface area contributed by atoms with Gasteiger partial charge in [0.05, 0.1) is 0 Å². The van der Waals surface area contributed by atoms with Crippen LogP contribution in [0.1, 0.15) is 27.0 Å². The number of hydrogen-bond acceptors (Lipinski definition) is 2. The van der Waals surface area contributed by atoms with Gasteiger partial charge in [-0.25, -0.2) is 0 Å². The molecule has 0 bridgehead atoms. The molecule has 3 N–H and O–H groups in total. The maximum absolute atomic E-state index is 12.1. The van der Waals surface area contributed by atoms with Crippen molar-refractivity contribution in [1.82, 2.24) is 0 Å². The standard InChI is InChI=1S/C16H18N2O/c1-11-7-12(2)9-15(8-11)18-16(19)14-5-3-13(10-17)4-6-14/h3-9H,10,17H2,1-2H3,(H,18,19). The first-order valence-electron chi connectivity index (χ1n) is 6.27. The third-order valence-corrected chi connectivity index (χ3v) is 2.93. The van der Waals surface area contributed by atoms with Crippen LogP contribution in [0.25, 0.3) is 0 Å². The van der Waals surface area contributed by atoms with E-state index in [2.05, 4.69) is 11.4 Å². The van der Waals surface area contributed by atoms with Crippen LogP contribution in [0.4, 0.5) is 5.69 Å². The minimum atomic E-state index is -0.103. The van der Waals surface area contributed by atoms with Crippen molar-refractivity contribution in [1.29, 1.82) is 0 Å². The lowest BCUT2D eigenvalue weighted by molar-refractivity contribution is 0.102. The monoisotopic (exact) mass is 254 g/mol. The molecule has 3 nitrogen and oxygen atoms in total. The number of amides is 1. The van der Waals surface area contributed by atoms with Gasteiger partial charge in [-0.2, -0.15) is 0 Å². The van der Waals surface area contributed by atoms with Crippen molar-refractivity contribution in [3.8, 4) is 0 Å². The molecule has 0 spiro atoms. The highest BCUT2D eigenvalue weighted by atomic mass is 16.1. The highest BCUT2D eigenvalue weighted by Crippen LogP contribution is 2.15. The van der Waals surface area contributed by atoms with Crippen LogP contribution >= 0.6 is 0 Å². The normalized spacial score (nSPS) is 10.3. The average molecular weight is 254 g/mol. The van der Waals surface area contributed by atoms with Crippen molar-refractivity contribution in [2.45, 2.75) is 20.4 Å². The summed E-state index contributed by atoms with van der Waals surface area (Å²) < 4.78 is 0. The second-order valence-electron chi connectivity index (χ2n) is 4.73. The third-order valence-electron chi connectivity index (χ3n) is 2.93. The molecule has 0 aromatic heterocycles. The molecule has 1 amide bonds. The van der Waals surface area contributed by atoms with E-state index >= 15 is 0 Å². The molecule has 0 saturated carbocycles. The Morgan fingerprint density at radius 2 is 1.63 bits per heavy atom. The zero-order valence-electron chi connectivity index (χ0n) is 11.2. The van der Waals surface area contributed by atoms with Crippen LogP contribution in [0.5, 0.6) is 0 Å². The molecule has 2 aromatic rings. The Hall–Kier alpha value is -2.13. The van der Waals surface area contributed by atoms with E-state index < -0.39 is 0 Å². The first-order valence-corrected chi connectivity index (χ1v) is 6.27. The predicted octanol–water partition coefficient (Wildman–Crippen LogP) is 3.01. The number of anilines is 1. The van der Waals surface area contributed by atoms with Crippen molar-refractivity contribution in [3.05, 3.63) is 64.7 Å². The molecule has 0 aliphatic rings. The molecule has 98 valence electrons. The molecule has 3 heteroatoms. The zero-order valence-corrected chi connectivity index (χ0v) is 11.2. The topological polar surface area (TPSA) is 55.1 Å². The number of carbonyl (C=O) groups excluding carboxylic acids is 1. The molecule has 0 aliphatic carbocycles. The van der Waals surface area contributed by atoms with E-state index in [-0.39, 0.29) is 5.91 Å². The van der Waals surface area contributed by atoms with Gasteiger partial charge in [0.25, 0.3) is 5.91 Å². The predicted molar refractivity (Wildman–Crippen MR) is 78.2 cm³/mol. The Labute approximate surface area is 113 Å². The summed E-state index contributed by atoms with van der Waals surface area (Å²) in [5.41, 5.74) is 10.3. The summed E-state index contributed by atoms with van der Waals surface area (Å²) >= 11 is 0. The quantitative estimate of drug-likeness (QED) is 0.884. The molecule has 0 heterocycles. The molecule has 2 rings (SSSR count).